The van der Waals surface area contributed by atoms with E-state index in [1.54, 1.807) is 23.1 Å². The lowest BCUT2D eigenvalue weighted by molar-refractivity contribution is 0.900. The summed E-state index contributed by atoms with van der Waals surface area (Å²) in [7, 11) is 0. The second kappa shape index (κ2) is 2.98. The minimum atomic E-state index is 0.737. The molecule has 0 spiro atoms. The van der Waals surface area contributed by atoms with E-state index in [4.69, 9.17) is 0 Å². The minimum absolute atomic E-state index is 0.737. The average molecular weight is 221 g/mol. The Morgan fingerprint density at radius 2 is 2.00 bits per heavy atom. The lowest BCUT2D eigenvalue weighted by atomic mass is 10.2. The molecule has 0 radical (unpaired) electrons. The first-order valence-electron chi connectivity index (χ1n) is 5.27. The second-order valence-electron chi connectivity index (χ2n) is 3.82. The van der Waals surface area contributed by atoms with Crippen LogP contribution in [0.15, 0.2) is 42.9 Å². The molecule has 0 N–H and O–H groups in total. The van der Waals surface area contributed by atoms with Crippen LogP contribution in [0.1, 0.15) is 0 Å². The van der Waals surface area contributed by atoms with E-state index in [1.807, 2.05) is 24.3 Å². The molecule has 0 unspecified atom stereocenters. The topological polar surface area (TPSA) is 56.0 Å². The third kappa shape index (κ3) is 1.08. The van der Waals surface area contributed by atoms with Gasteiger partial charge in [0, 0.05) is 11.6 Å². The molecule has 80 valence electrons. The van der Waals surface area contributed by atoms with Gasteiger partial charge in [-0.3, -0.25) is 4.98 Å². The van der Waals surface area contributed by atoms with Gasteiger partial charge >= 0.3 is 0 Å². The van der Waals surface area contributed by atoms with Crippen molar-refractivity contribution in [1.29, 1.82) is 0 Å². The van der Waals surface area contributed by atoms with E-state index in [0.717, 1.165) is 27.5 Å². The van der Waals surface area contributed by atoms with Crippen molar-refractivity contribution in [3.63, 3.8) is 0 Å². The van der Waals surface area contributed by atoms with Gasteiger partial charge < -0.3 is 0 Å². The maximum atomic E-state index is 4.52. The highest BCUT2D eigenvalue weighted by Crippen LogP contribution is 2.23. The molecule has 0 saturated heterocycles. The lowest BCUT2D eigenvalue weighted by Crippen LogP contribution is -1.89. The predicted octanol–water partition coefficient (Wildman–Crippen LogP) is 1.83. The summed E-state index contributed by atoms with van der Waals surface area (Å²) in [6.07, 6.45) is 5.21. The Kier molecular flexibility index (Phi) is 1.50. The van der Waals surface area contributed by atoms with Gasteiger partial charge in [0.05, 0.1) is 23.3 Å². The largest absolute Gasteiger partial charge is 0.255 e. The van der Waals surface area contributed by atoms with Crippen LogP contribution in [0.5, 0.6) is 0 Å². The van der Waals surface area contributed by atoms with Crippen LogP contribution in [0.2, 0.25) is 0 Å². The molecule has 0 amide bonds. The zero-order valence-corrected chi connectivity index (χ0v) is 8.78. The Balaban J connectivity index is 2.34. The van der Waals surface area contributed by atoms with E-state index in [1.165, 1.54) is 0 Å². The van der Waals surface area contributed by atoms with Crippen molar-refractivity contribution < 1.29 is 0 Å². The summed E-state index contributed by atoms with van der Waals surface area (Å²) in [5.74, 6) is 0. The molecular formula is C12H7N5. The van der Waals surface area contributed by atoms with Crippen LogP contribution in [0, 0.1) is 0 Å². The summed E-state index contributed by atoms with van der Waals surface area (Å²) in [5.41, 5.74) is 2.59. The molecule has 5 heteroatoms. The normalized spacial score (nSPS) is 11.5. The van der Waals surface area contributed by atoms with Gasteiger partial charge in [0.15, 0.2) is 5.65 Å². The number of hydrogen-bond donors (Lipinski definition) is 0. The molecule has 0 aliphatic carbocycles. The predicted molar refractivity (Wildman–Crippen MR) is 63.6 cm³/mol. The quantitative estimate of drug-likeness (QED) is 0.454. The first-order valence-corrected chi connectivity index (χ1v) is 5.27. The first kappa shape index (κ1) is 8.58. The van der Waals surface area contributed by atoms with E-state index >= 15 is 0 Å². The van der Waals surface area contributed by atoms with Crippen LogP contribution >= 0.6 is 0 Å². The number of para-hydroxylation sites is 1. The maximum absolute atomic E-state index is 4.52. The van der Waals surface area contributed by atoms with E-state index in [9.17, 15) is 0 Å². The van der Waals surface area contributed by atoms with Gasteiger partial charge in [-0.1, -0.05) is 18.2 Å². The molecular weight excluding hydrogens is 214 g/mol. The number of benzene rings is 1. The number of rotatable bonds is 0. The van der Waals surface area contributed by atoms with E-state index in [0.29, 0.717) is 0 Å². The average Bonchev–Trinajstić information content (AvgIpc) is 2.78. The molecule has 0 bridgehead atoms. The highest BCUT2D eigenvalue weighted by molar-refractivity contribution is 6.07. The molecule has 0 atom stereocenters. The monoisotopic (exact) mass is 221 g/mol. The van der Waals surface area contributed by atoms with Crippen LogP contribution in [-0.4, -0.2) is 24.8 Å². The van der Waals surface area contributed by atoms with Crippen molar-refractivity contribution in [3.8, 4) is 0 Å². The Morgan fingerprint density at radius 3 is 3.00 bits per heavy atom. The third-order valence-corrected chi connectivity index (χ3v) is 2.84. The Labute approximate surface area is 95.7 Å². The number of nitrogens with zero attached hydrogens (tertiary/aromatic N) is 5. The summed E-state index contributed by atoms with van der Waals surface area (Å²) in [6.45, 7) is 0. The van der Waals surface area contributed by atoms with Crippen molar-refractivity contribution in [2.45, 2.75) is 0 Å². The maximum Gasteiger partial charge on any atom is 0.186 e. The summed E-state index contributed by atoms with van der Waals surface area (Å²) in [4.78, 5) is 4.41. The zero-order chi connectivity index (χ0) is 11.2. The molecule has 0 aliphatic heterocycles. The summed E-state index contributed by atoms with van der Waals surface area (Å²) in [6, 6.07) is 7.95. The van der Waals surface area contributed by atoms with E-state index in [2.05, 4.69) is 20.3 Å². The highest BCUT2D eigenvalue weighted by atomic mass is 15.3. The molecule has 0 saturated carbocycles. The number of aromatic nitrogens is 5. The van der Waals surface area contributed by atoms with E-state index in [-0.39, 0.29) is 0 Å². The van der Waals surface area contributed by atoms with Gasteiger partial charge in [0.25, 0.3) is 0 Å². The third-order valence-electron chi connectivity index (χ3n) is 2.84. The van der Waals surface area contributed by atoms with Gasteiger partial charge in [-0.2, -0.15) is 10.2 Å². The molecule has 17 heavy (non-hydrogen) atoms. The van der Waals surface area contributed by atoms with Crippen LogP contribution in [0.25, 0.3) is 27.5 Å². The van der Waals surface area contributed by atoms with Gasteiger partial charge in [-0.15, -0.1) is 5.10 Å². The standard InChI is InChI=1S/C12H7N5/c1-2-4-10-8(3-1)11-9(7-13-10)12-15-14-5-6-17(12)16-11/h1-7H. The van der Waals surface area contributed by atoms with Gasteiger partial charge in [-0.25, -0.2) is 4.52 Å². The van der Waals surface area contributed by atoms with E-state index < -0.39 is 0 Å². The van der Waals surface area contributed by atoms with Gasteiger partial charge in [0.1, 0.15) is 5.52 Å². The van der Waals surface area contributed by atoms with Crippen LogP contribution in [0.4, 0.5) is 0 Å². The zero-order valence-electron chi connectivity index (χ0n) is 8.78. The SMILES string of the molecule is c1ccc2c(c1)ncc1c2nn2ccnnc12. The van der Waals surface area contributed by atoms with Crippen molar-refractivity contribution in [1.82, 2.24) is 24.8 Å². The second-order valence-corrected chi connectivity index (χ2v) is 3.82. The van der Waals surface area contributed by atoms with Crippen molar-refractivity contribution >= 4 is 27.5 Å². The Bertz CT molecular complexity index is 849. The van der Waals surface area contributed by atoms with Crippen LogP contribution in [-0.2, 0) is 0 Å². The lowest BCUT2D eigenvalue weighted by Gasteiger charge is -1.95. The number of pyridine rings is 1. The molecule has 3 heterocycles. The molecule has 4 aromatic rings. The minimum Gasteiger partial charge on any atom is -0.255 e. The molecule has 0 fully saturated rings. The van der Waals surface area contributed by atoms with Crippen molar-refractivity contribution in [3.05, 3.63) is 42.9 Å². The fourth-order valence-electron chi connectivity index (χ4n) is 2.06. The molecule has 4 rings (SSSR count). The summed E-state index contributed by atoms with van der Waals surface area (Å²) < 4.78 is 1.73. The molecule has 3 aromatic heterocycles. The number of fused-ring (bicyclic) bond motifs is 5. The van der Waals surface area contributed by atoms with Crippen LogP contribution in [0.3, 0.4) is 0 Å². The van der Waals surface area contributed by atoms with Gasteiger partial charge in [0.2, 0.25) is 0 Å². The fraction of sp³-hybridized carbons (Fsp3) is 0. The number of hydrogen-bond acceptors (Lipinski definition) is 4. The van der Waals surface area contributed by atoms with Crippen LogP contribution < -0.4 is 0 Å². The smallest absolute Gasteiger partial charge is 0.186 e. The Morgan fingerprint density at radius 1 is 1.06 bits per heavy atom. The molecule has 1 aromatic carbocycles. The summed E-state index contributed by atoms with van der Waals surface area (Å²) >= 11 is 0. The molecule has 0 aliphatic rings. The van der Waals surface area contributed by atoms with Crippen molar-refractivity contribution in [2.24, 2.45) is 0 Å². The van der Waals surface area contributed by atoms with Crippen molar-refractivity contribution in [2.75, 3.05) is 0 Å². The molecule has 5 nitrogen and oxygen atoms in total. The van der Waals surface area contributed by atoms with Gasteiger partial charge in [-0.05, 0) is 6.07 Å². The highest BCUT2D eigenvalue weighted by Gasteiger charge is 2.09. The first-order chi connectivity index (χ1) is 8.43. The fourth-order valence-corrected chi connectivity index (χ4v) is 2.06. The Hall–Kier alpha value is -2.56. The summed E-state index contributed by atoms with van der Waals surface area (Å²) in [5, 5.41) is 14.4.